The molecule has 106 valence electrons. The van der Waals surface area contributed by atoms with E-state index in [0.717, 1.165) is 18.7 Å². The zero-order valence-electron chi connectivity index (χ0n) is 12.5. The molecule has 2 nitrogen and oxygen atoms in total. The second-order valence-electron chi connectivity index (χ2n) is 5.79. The van der Waals surface area contributed by atoms with Crippen LogP contribution in [-0.2, 0) is 0 Å². The third-order valence-electron chi connectivity index (χ3n) is 4.81. The number of methoxy groups -OCH3 is 1. The number of nitrogens with one attached hydrogen (secondary N) is 1. The van der Waals surface area contributed by atoms with Gasteiger partial charge >= 0.3 is 0 Å². The van der Waals surface area contributed by atoms with Gasteiger partial charge in [0.25, 0.3) is 0 Å². The lowest BCUT2D eigenvalue weighted by molar-refractivity contribution is 0.118. The molecule has 1 aliphatic rings. The van der Waals surface area contributed by atoms with Crippen molar-refractivity contribution >= 4 is 0 Å². The second-order valence-corrected chi connectivity index (χ2v) is 5.79. The lowest BCUT2D eigenvalue weighted by Crippen LogP contribution is -2.40. The molecule has 1 N–H and O–H groups in total. The van der Waals surface area contributed by atoms with Crippen LogP contribution in [0.15, 0.2) is 24.3 Å². The molecule has 0 saturated heterocycles. The van der Waals surface area contributed by atoms with Crippen LogP contribution in [-0.4, -0.2) is 13.7 Å². The van der Waals surface area contributed by atoms with Crippen LogP contribution < -0.4 is 10.1 Å². The SMILES string of the molecule is CCC(NCC1(CC)CCC1)c1ccccc1OC. The van der Waals surface area contributed by atoms with Crippen molar-refractivity contribution < 1.29 is 4.74 Å². The zero-order chi connectivity index (χ0) is 13.7. The molecular formula is C17H27NO. The number of rotatable bonds is 7. The minimum Gasteiger partial charge on any atom is -0.496 e. The number of para-hydroxylation sites is 1. The summed E-state index contributed by atoms with van der Waals surface area (Å²) in [7, 11) is 1.75. The fraction of sp³-hybridized carbons (Fsp3) is 0.647. The Hall–Kier alpha value is -1.02. The highest BCUT2D eigenvalue weighted by atomic mass is 16.5. The van der Waals surface area contributed by atoms with Crippen LogP contribution in [0.3, 0.4) is 0 Å². The van der Waals surface area contributed by atoms with Gasteiger partial charge in [0, 0.05) is 18.2 Å². The van der Waals surface area contributed by atoms with Gasteiger partial charge < -0.3 is 10.1 Å². The molecule has 1 atom stereocenters. The van der Waals surface area contributed by atoms with Gasteiger partial charge in [-0.15, -0.1) is 0 Å². The molecule has 0 heterocycles. The average molecular weight is 261 g/mol. The predicted molar refractivity (Wildman–Crippen MR) is 80.6 cm³/mol. The molecule has 0 amide bonds. The summed E-state index contributed by atoms with van der Waals surface area (Å²) in [6.07, 6.45) is 6.57. The molecule has 2 rings (SSSR count). The number of benzene rings is 1. The van der Waals surface area contributed by atoms with E-state index in [1.807, 2.05) is 6.07 Å². The first-order chi connectivity index (χ1) is 9.24. The van der Waals surface area contributed by atoms with E-state index in [0.29, 0.717) is 11.5 Å². The Morgan fingerprint density at radius 3 is 2.53 bits per heavy atom. The van der Waals surface area contributed by atoms with Crippen molar-refractivity contribution in [3.63, 3.8) is 0 Å². The van der Waals surface area contributed by atoms with Gasteiger partial charge in [0.15, 0.2) is 0 Å². The fourth-order valence-corrected chi connectivity index (χ4v) is 3.10. The quantitative estimate of drug-likeness (QED) is 0.789. The molecule has 0 aromatic heterocycles. The number of ether oxygens (including phenoxy) is 1. The lowest BCUT2D eigenvalue weighted by Gasteiger charge is -2.42. The Morgan fingerprint density at radius 2 is 2.00 bits per heavy atom. The van der Waals surface area contributed by atoms with Crippen molar-refractivity contribution in [1.82, 2.24) is 5.32 Å². The van der Waals surface area contributed by atoms with Crippen LogP contribution in [0.1, 0.15) is 57.6 Å². The summed E-state index contributed by atoms with van der Waals surface area (Å²) < 4.78 is 5.49. The van der Waals surface area contributed by atoms with Crippen molar-refractivity contribution in [3.05, 3.63) is 29.8 Å². The first-order valence-electron chi connectivity index (χ1n) is 7.61. The van der Waals surface area contributed by atoms with E-state index in [9.17, 15) is 0 Å². The van der Waals surface area contributed by atoms with E-state index in [2.05, 4.69) is 37.4 Å². The van der Waals surface area contributed by atoms with Gasteiger partial charge in [0.2, 0.25) is 0 Å². The van der Waals surface area contributed by atoms with Gasteiger partial charge in [-0.05, 0) is 37.2 Å². The number of hydrogen-bond donors (Lipinski definition) is 1. The molecule has 1 aliphatic carbocycles. The highest BCUT2D eigenvalue weighted by Gasteiger charge is 2.35. The van der Waals surface area contributed by atoms with Crippen molar-refractivity contribution in [1.29, 1.82) is 0 Å². The van der Waals surface area contributed by atoms with Crippen molar-refractivity contribution in [2.75, 3.05) is 13.7 Å². The minimum atomic E-state index is 0.403. The molecule has 0 radical (unpaired) electrons. The first kappa shape index (κ1) is 14.4. The molecule has 1 aromatic rings. The van der Waals surface area contributed by atoms with Gasteiger partial charge in [-0.3, -0.25) is 0 Å². The van der Waals surface area contributed by atoms with Gasteiger partial charge in [0.1, 0.15) is 5.75 Å². The summed E-state index contributed by atoms with van der Waals surface area (Å²) in [6, 6.07) is 8.77. The molecule has 1 saturated carbocycles. The molecule has 19 heavy (non-hydrogen) atoms. The Labute approximate surface area is 117 Å². The number of hydrogen-bond acceptors (Lipinski definition) is 2. The Morgan fingerprint density at radius 1 is 1.26 bits per heavy atom. The molecule has 0 aliphatic heterocycles. The van der Waals surface area contributed by atoms with E-state index in [4.69, 9.17) is 4.74 Å². The van der Waals surface area contributed by atoms with E-state index in [1.165, 1.54) is 31.2 Å². The standard InChI is InChI=1S/C17H27NO/c1-4-15(14-9-6-7-10-16(14)19-3)18-13-17(5-2)11-8-12-17/h6-7,9-10,15,18H,4-5,8,11-13H2,1-3H3. The van der Waals surface area contributed by atoms with Crippen LogP contribution in [0.5, 0.6) is 5.75 Å². The third kappa shape index (κ3) is 3.11. The smallest absolute Gasteiger partial charge is 0.123 e. The van der Waals surface area contributed by atoms with Crippen LogP contribution in [0.2, 0.25) is 0 Å². The third-order valence-corrected chi connectivity index (χ3v) is 4.81. The van der Waals surface area contributed by atoms with Gasteiger partial charge in [-0.1, -0.05) is 38.5 Å². The molecule has 1 fully saturated rings. The average Bonchev–Trinajstić information content (AvgIpc) is 2.42. The maximum absolute atomic E-state index is 5.49. The molecule has 1 aromatic carbocycles. The summed E-state index contributed by atoms with van der Waals surface area (Å²) >= 11 is 0. The molecule has 0 spiro atoms. The molecule has 2 heteroatoms. The second kappa shape index (κ2) is 6.42. The lowest BCUT2D eigenvalue weighted by atomic mass is 9.67. The normalized spacial score (nSPS) is 18.7. The topological polar surface area (TPSA) is 21.3 Å². The van der Waals surface area contributed by atoms with Gasteiger partial charge in [-0.25, -0.2) is 0 Å². The molecular weight excluding hydrogens is 234 g/mol. The highest BCUT2D eigenvalue weighted by molar-refractivity contribution is 5.35. The Bertz CT molecular complexity index is 392. The van der Waals surface area contributed by atoms with Gasteiger partial charge in [0.05, 0.1) is 7.11 Å². The summed E-state index contributed by atoms with van der Waals surface area (Å²) in [6.45, 7) is 5.70. The van der Waals surface area contributed by atoms with E-state index in [1.54, 1.807) is 7.11 Å². The van der Waals surface area contributed by atoms with Gasteiger partial charge in [-0.2, -0.15) is 0 Å². The largest absolute Gasteiger partial charge is 0.496 e. The fourth-order valence-electron chi connectivity index (χ4n) is 3.10. The van der Waals surface area contributed by atoms with Crippen molar-refractivity contribution in [2.45, 2.75) is 52.0 Å². The van der Waals surface area contributed by atoms with E-state index < -0.39 is 0 Å². The minimum absolute atomic E-state index is 0.403. The summed E-state index contributed by atoms with van der Waals surface area (Å²) in [5.74, 6) is 1.00. The molecule has 1 unspecified atom stereocenters. The predicted octanol–water partition coefficient (Wildman–Crippen LogP) is 4.32. The zero-order valence-corrected chi connectivity index (χ0v) is 12.5. The maximum atomic E-state index is 5.49. The Kier molecular flexibility index (Phi) is 4.87. The molecule has 0 bridgehead atoms. The summed E-state index contributed by atoms with van der Waals surface area (Å²) in [4.78, 5) is 0. The van der Waals surface area contributed by atoms with E-state index in [-0.39, 0.29) is 0 Å². The van der Waals surface area contributed by atoms with Crippen LogP contribution in [0.25, 0.3) is 0 Å². The van der Waals surface area contributed by atoms with Crippen molar-refractivity contribution in [3.8, 4) is 5.75 Å². The first-order valence-corrected chi connectivity index (χ1v) is 7.61. The summed E-state index contributed by atoms with van der Waals surface area (Å²) in [5.41, 5.74) is 1.85. The summed E-state index contributed by atoms with van der Waals surface area (Å²) in [5, 5.41) is 3.77. The monoisotopic (exact) mass is 261 g/mol. The van der Waals surface area contributed by atoms with Crippen molar-refractivity contribution in [2.24, 2.45) is 5.41 Å². The highest BCUT2D eigenvalue weighted by Crippen LogP contribution is 2.43. The Balaban J connectivity index is 2.03. The van der Waals surface area contributed by atoms with E-state index >= 15 is 0 Å². The van der Waals surface area contributed by atoms with Crippen LogP contribution in [0.4, 0.5) is 0 Å². The van der Waals surface area contributed by atoms with Crippen LogP contribution >= 0.6 is 0 Å². The maximum Gasteiger partial charge on any atom is 0.123 e. The van der Waals surface area contributed by atoms with Crippen LogP contribution in [0, 0.1) is 5.41 Å².